The fraction of sp³-hybridized carbons (Fsp3) is 0.571. The first-order chi connectivity index (χ1) is 12.0. The van der Waals surface area contributed by atoms with Crippen molar-refractivity contribution in [2.45, 2.75) is 46.0 Å². The lowest BCUT2D eigenvalue weighted by molar-refractivity contribution is -0.183. The number of rotatable bonds is 9. The van der Waals surface area contributed by atoms with E-state index in [9.17, 15) is 19.2 Å². The van der Waals surface area contributed by atoms with Crippen LogP contribution in [0.1, 0.15) is 27.7 Å². The third-order valence-corrected chi connectivity index (χ3v) is 2.45. The van der Waals surface area contributed by atoms with E-state index in [1.807, 2.05) is 0 Å². The molecule has 0 radical (unpaired) electrons. The van der Waals surface area contributed by atoms with E-state index in [1.165, 1.54) is 0 Å². The van der Waals surface area contributed by atoms with Gasteiger partial charge < -0.3 is 30.4 Å². The maximum atomic E-state index is 11.4. The van der Waals surface area contributed by atoms with Crippen molar-refractivity contribution < 1.29 is 38.1 Å². The van der Waals surface area contributed by atoms with Gasteiger partial charge in [0, 0.05) is 27.7 Å². The Kier molecular flexibility index (Phi) is 9.99. The van der Waals surface area contributed by atoms with E-state index in [0.717, 1.165) is 33.9 Å². The number of nitrogens with zero attached hydrogens (tertiary/aromatic N) is 2. The Morgan fingerprint density at radius 3 is 1.85 bits per heavy atom. The highest BCUT2D eigenvalue weighted by Gasteiger charge is 2.37. The van der Waals surface area contributed by atoms with Gasteiger partial charge >= 0.3 is 23.9 Å². The number of hydrogen-bond donors (Lipinski definition) is 2. The molecule has 3 unspecified atom stereocenters. The van der Waals surface area contributed by atoms with Gasteiger partial charge in [0.15, 0.2) is 18.3 Å². The molecule has 12 heteroatoms. The van der Waals surface area contributed by atoms with E-state index in [2.05, 4.69) is 10.2 Å². The molecule has 0 fully saturated rings. The van der Waals surface area contributed by atoms with Gasteiger partial charge in [-0.3, -0.25) is 19.2 Å². The van der Waals surface area contributed by atoms with Crippen LogP contribution in [0.25, 0.3) is 0 Å². The Bertz CT molecular complexity index is 585. The summed E-state index contributed by atoms with van der Waals surface area (Å²) >= 11 is 0. The fourth-order valence-electron chi connectivity index (χ4n) is 1.69. The zero-order valence-electron chi connectivity index (χ0n) is 14.8. The molecule has 0 aromatic carbocycles. The zero-order valence-corrected chi connectivity index (χ0v) is 14.8. The summed E-state index contributed by atoms with van der Waals surface area (Å²) in [5.74, 6) is -3.31. The monoisotopic (exact) mass is 374 g/mol. The summed E-state index contributed by atoms with van der Waals surface area (Å²) in [4.78, 5) is 45.2. The molecule has 26 heavy (non-hydrogen) atoms. The van der Waals surface area contributed by atoms with Gasteiger partial charge in [-0.05, 0) is 0 Å². The minimum atomic E-state index is -1.38. The number of ether oxygens (including phenoxy) is 4. The molecule has 0 bridgehead atoms. The smallest absolute Gasteiger partial charge is 0.303 e. The first-order valence-corrected chi connectivity index (χ1v) is 7.30. The van der Waals surface area contributed by atoms with E-state index in [1.54, 1.807) is 0 Å². The third-order valence-electron chi connectivity index (χ3n) is 2.45. The van der Waals surface area contributed by atoms with Crippen LogP contribution in [0.5, 0.6) is 0 Å². The Morgan fingerprint density at radius 1 is 0.885 bits per heavy atom. The number of esters is 4. The Balaban J connectivity index is 5.77. The highest BCUT2D eigenvalue weighted by atomic mass is 16.6. The second-order valence-electron chi connectivity index (χ2n) is 4.89. The zero-order chi connectivity index (χ0) is 20.3. The molecule has 0 aliphatic heterocycles. The molecule has 0 aliphatic carbocycles. The first-order valence-electron chi connectivity index (χ1n) is 7.30. The molecule has 0 aromatic rings. The van der Waals surface area contributed by atoms with Crippen molar-refractivity contribution in [3.05, 3.63) is 0 Å². The van der Waals surface area contributed by atoms with Gasteiger partial charge in [-0.15, -0.1) is 5.10 Å². The van der Waals surface area contributed by atoms with Gasteiger partial charge in [0.25, 0.3) is 0 Å². The summed E-state index contributed by atoms with van der Waals surface area (Å²) in [6, 6.07) is 0. The van der Waals surface area contributed by atoms with Crippen LogP contribution in [-0.2, 0) is 38.1 Å². The minimum Gasteiger partial charge on any atom is -0.462 e. The third kappa shape index (κ3) is 10.6. The number of carbonyl (C=O) groups excluding carboxylic acids is 4. The summed E-state index contributed by atoms with van der Waals surface area (Å²) in [5, 5.41) is 6.85. The SMILES string of the molecule is CC(=O)OCC(OC(C)=O)C(OC(C)=O)C(C=NN=C(N)N)OC(C)=O. The molecule has 0 amide bonds. The van der Waals surface area contributed by atoms with Crippen molar-refractivity contribution in [2.75, 3.05) is 6.61 Å². The van der Waals surface area contributed by atoms with Crippen LogP contribution in [-0.4, -0.2) is 61.0 Å². The predicted molar refractivity (Wildman–Crippen MR) is 87.6 cm³/mol. The Hall–Kier alpha value is -3.18. The lowest BCUT2D eigenvalue weighted by Crippen LogP contribution is -2.48. The van der Waals surface area contributed by atoms with Gasteiger partial charge in [0.2, 0.25) is 5.96 Å². The summed E-state index contributed by atoms with van der Waals surface area (Å²) in [6.07, 6.45) is -3.02. The largest absolute Gasteiger partial charge is 0.462 e. The molecule has 0 saturated heterocycles. The molecule has 12 nitrogen and oxygen atoms in total. The van der Waals surface area contributed by atoms with Gasteiger partial charge in [-0.1, -0.05) is 0 Å². The topological polar surface area (TPSA) is 182 Å². The van der Waals surface area contributed by atoms with E-state index < -0.39 is 48.8 Å². The minimum absolute atomic E-state index is 0.372. The molecule has 0 aromatic heterocycles. The van der Waals surface area contributed by atoms with E-state index >= 15 is 0 Å². The van der Waals surface area contributed by atoms with E-state index in [0.29, 0.717) is 0 Å². The van der Waals surface area contributed by atoms with Crippen LogP contribution in [0, 0.1) is 0 Å². The lowest BCUT2D eigenvalue weighted by Gasteiger charge is -2.29. The average Bonchev–Trinajstić information content (AvgIpc) is 2.46. The van der Waals surface area contributed by atoms with Crippen LogP contribution in [0.2, 0.25) is 0 Å². The van der Waals surface area contributed by atoms with E-state index in [4.69, 9.17) is 30.4 Å². The number of nitrogens with two attached hydrogens (primary N) is 2. The van der Waals surface area contributed by atoms with Crippen molar-refractivity contribution in [2.24, 2.45) is 21.7 Å². The van der Waals surface area contributed by atoms with Gasteiger partial charge in [-0.25, -0.2) is 0 Å². The van der Waals surface area contributed by atoms with Crippen molar-refractivity contribution in [1.82, 2.24) is 0 Å². The summed E-state index contributed by atoms with van der Waals surface area (Å²) < 4.78 is 19.9. The van der Waals surface area contributed by atoms with Gasteiger partial charge in [-0.2, -0.15) is 5.10 Å². The summed E-state index contributed by atoms with van der Waals surface area (Å²) in [6.45, 7) is 3.96. The summed E-state index contributed by atoms with van der Waals surface area (Å²) in [7, 11) is 0. The predicted octanol–water partition coefficient (Wildman–Crippen LogP) is -1.40. The Morgan fingerprint density at radius 2 is 1.42 bits per heavy atom. The van der Waals surface area contributed by atoms with Crippen molar-refractivity contribution >= 4 is 36.1 Å². The molecular formula is C14H22N4O8. The normalized spacial score (nSPS) is 13.8. The highest BCUT2D eigenvalue weighted by Crippen LogP contribution is 2.14. The fourth-order valence-corrected chi connectivity index (χ4v) is 1.69. The molecule has 0 rings (SSSR count). The first kappa shape index (κ1) is 22.8. The standard InChI is InChI=1S/C14H22N4O8/c1-7(19)23-6-12(25-9(3)21)13(26-10(4)22)11(24-8(2)20)5-17-18-14(15)16/h5,11-13H,6H2,1-4H3,(H4,15,16,18). The van der Waals surface area contributed by atoms with E-state index in [-0.39, 0.29) is 5.96 Å². The van der Waals surface area contributed by atoms with Crippen LogP contribution >= 0.6 is 0 Å². The maximum absolute atomic E-state index is 11.4. The van der Waals surface area contributed by atoms with Crippen molar-refractivity contribution in [3.8, 4) is 0 Å². The highest BCUT2D eigenvalue weighted by molar-refractivity contribution is 5.77. The van der Waals surface area contributed by atoms with Crippen molar-refractivity contribution in [1.29, 1.82) is 0 Å². The molecular weight excluding hydrogens is 352 g/mol. The quantitative estimate of drug-likeness (QED) is 0.160. The second-order valence-corrected chi connectivity index (χ2v) is 4.89. The maximum Gasteiger partial charge on any atom is 0.303 e. The molecule has 0 heterocycles. The molecule has 4 N–H and O–H groups in total. The van der Waals surface area contributed by atoms with Crippen LogP contribution < -0.4 is 11.5 Å². The second kappa shape index (κ2) is 11.4. The van der Waals surface area contributed by atoms with Crippen LogP contribution in [0.4, 0.5) is 0 Å². The van der Waals surface area contributed by atoms with Crippen LogP contribution in [0.3, 0.4) is 0 Å². The number of carbonyl (C=O) groups is 4. The molecule has 146 valence electrons. The van der Waals surface area contributed by atoms with Gasteiger partial charge in [0.05, 0.1) is 6.21 Å². The lowest BCUT2D eigenvalue weighted by atomic mass is 10.1. The van der Waals surface area contributed by atoms with Crippen LogP contribution in [0.15, 0.2) is 10.2 Å². The molecule has 0 saturated carbocycles. The number of guanidine groups is 1. The number of hydrogen-bond acceptors (Lipinski definition) is 10. The Labute approximate surface area is 149 Å². The molecule has 0 aliphatic rings. The van der Waals surface area contributed by atoms with Gasteiger partial charge in [0.1, 0.15) is 6.61 Å². The average molecular weight is 374 g/mol. The summed E-state index contributed by atoms with van der Waals surface area (Å²) in [5.41, 5.74) is 10.3. The molecule has 3 atom stereocenters. The van der Waals surface area contributed by atoms with Crippen molar-refractivity contribution in [3.63, 3.8) is 0 Å². The molecule has 0 spiro atoms.